The van der Waals surface area contributed by atoms with Crippen LogP contribution in [0.25, 0.3) is 0 Å². The zero-order valence-corrected chi connectivity index (χ0v) is 9.23. The molecule has 5 heteroatoms. The standard InChI is InChI=1S/C10H18N4O/c1-8(4-3-5-11)10(15)13-9-6-12-14(2)7-9/h6-8H,3-5,11H2,1-2H3,(H,13,15). The summed E-state index contributed by atoms with van der Waals surface area (Å²) in [5, 5.41) is 6.78. The van der Waals surface area contributed by atoms with E-state index in [1.54, 1.807) is 17.1 Å². The predicted octanol–water partition coefficient (Wildman–Crippen LogP) is 0.734. The average molecular weight is 210 g/mol. The van der Waals surface area contributed by atoms with Crippen LogP contribution in [0.15, 0.2) is 12.4 Å². The van der Waals surface area contributed by atoms with E-state index in [9.17, 15) is 4.79 Å². The minimum absolute atomic E-state index is 0.00578. The normalized spacial score (nSPS) is 12.5. The number of nitrogens with one attached hydrogen (secondary N) is 1. The van der Waals surface area contributed by atoms with Gasteiger partial charge in [-0.05, 0) is 19.4 Å². The van der Waals surface area contributed by atoms with Crippen molar-refractivity contribution in [3.8, 4) is 0 Å². The Labute approximate surface area is 89.6 Å². The number of nitrogens with zero attached hydrogens (tertiary/aromatic N) is 2. The fraction of sp³-hybridized carbons (Fsp3) is 0.600. The van der Waals surface area contributed by atoms with Crippen LogP contribution in [0.4, 0.5) is 5.69 Å². The minimum Gasteiger partial charge on any atom is -0.330 e. The van der Waals surface area contributed by atoms with Crippen LogP contribution in [-0.4, -0.2) is 22.2 Å². The van der Waals surface area contributed by atoms with Crippen molar-refractivity contribution >= 4 is 11.6 Å². The Morgan fingerprint density at radius 3 is 3.00 bits per heavy atom. The van der Waals surface area contributed by atoms with Crippen LogP contribution in [0, 0.1) is 5.92 Å². The van der Waals surface area contributed by atoms with Crippen molar-refractivity contribution in [2.45, 2.75) is 19.8 Å². The quantitative estimate of drug-likeness (QED) is 0.752. The Hall–Kier alpha value is -1.36. The lowest BCUT2D eigenvalue weighted by Crippen LogP contribution is -2.20. The molecular weight excluding hydrogens is 192 g/mol. The second kappa shape index (κ2) is 5.50. The van der Waals surface area contributed by atoms with E-state index >= 15 is 0 Å². The van der Waals surface area contributed by atoms with Gasteiger partial charge in [0.1, 0.15) is 0 Å². The van der Waals surface area contributed by atoms with Crippen LogP contribution in [0.3, 0.4) is 0 Å². The summed E-state index contributed by atoms with van der Waals surface area (Å²) in [6.07, 6.45) is 5.10. The topological polar surface area (TPSA) is 72.9 Å². The van der Waals surface area contributed by atoms with E-state index in [0.29, 0.717) is 6.54 Å². The number of amides is 1. The second-order valence-corrected chi connectivity index (χ2v) is 3.72. The predicted molar refractivity (Wildman–Crippen MR) is 59.3 cm³/mol. The molecule has 15 heavy (non-hydrogen) atoms. The first-order valence-electron chi connectivity index (χ1n) is 5.13. The molecule has 0 saturated heterocycles. The molecular formula is C10H18N4O. The fourth-order valence-electron chi connectivity index (χ4n) is 1.31. The zero-order chi connectivity index (χ0) is 11.3. The Morgan fingerprint density at radius 1 is 1.73 bits per heavy atom. The molecule has 84 valence electrons. The molecule has 1 unspecified atom stereocenters. The number of hydrogen-bond donors (Lipinski definition) is 2. The largest absolute Gasteiger partial charge is 0.330 e. The van der Waals surface area contributed by atoms with Crippen LogP contribution < -0.4 is 11.1 Å². The van der Waals surface area contributed by atoms with Crippen LogP contribution >= 0.6 is 0 Å². The smallest absolute Gasteiger partial charge is 0.227 e. The Bertz CT molecular complexity index is 321. The lowest BCUT2D eigenvalue weighted by molar-refractivity contribution is -0.119. The van der Waals surface area contributed by atoms with Crippen molar-refractivity contribution in [1.29, 1.82) is 0 Å². The summed E-state index contributed by atoms with van der Waals surface area (Å²) in [5.41, 5.74) is 6.13. The average Bonchev–Trinajstić information content (AvgIpc) is 2.60. The Morgan fingerprint density at radius 2 is 2.47 bits per heavy atom. The maximum atomic E-state index is 11.6. The van der Waals surface area contributed by atoms with Crippen LogP contribution in [0.2, 0.25) is 0 Å². The van der Waals surface area contributed by atoms with Gasteiger partial charge in [0.15, 0.2) is 0 Å². The number of carbonyl (C=O) groups is 1. The highest BCUT2D eigenvalue weighted by atomic mass is 16.1. The van der Waals surface area contributed by atoms with Gasteiger partial charge in [0.25, 0.3) is 0 Å². The molecule has 3 N–H and O–H groups in total. The van der Waals surface area contributed by atoms with Gasteiger partial charge in [-0.25, -0.2) is 0 Å². The molecule has 0 fully saturated rings. The summed E-state index contributed by atoms with van der Waals surface area (Å²) in [4.78, 5) is 11.6. The van der Waals surface area contributed by atoms with Crippen LogP contribution in [0.5, 0.6) is 0 Å². The molecule has 0 bridgehead atoms. The summed E-state index contributed by atoms with van der Waals surface area (Å²) in [6, 6.07) is 0. The third kappa shape index (κ3) is 3.71. The summed E-state index contributed by atoms with van der Waals surface area (Å²) in [5.74, 6) is 0.0187. The lowest BCUT2D eigenvalue weighted by Gasteiger charge is -2.09. The molecule has 0 aliphatic rings. The molecule has 5 nitrogen and oxygen atoms in total. The van der Waals surface area contributed by atoms with Crippen molar-refractivity contribution in [2.75, 3.05) is 11.9 Å². The molecule has 1 atom stereocenters. The molecule has 1 aromatic heterocycles. The van der Waals surface area contributed by atoms with E-state index in [1.165, 1.54) is 0 Å². The number of aryl methyl sites for hydroxylation is 1. The summed E-state index contributed by atoms with van der Waals surface area (Å²) in [6.45, 7) is 2.53. The number of hydrogen-bond acceptors (Lipinski definition) is 3. The third-order valence-corrected chi connectivity index (χ3v) is 2.26. The van der Waals surface area contributed by atoms with E-state index < -0.39 is 0 Å². The van der Waals surface area contributed by atoms with Crippen molar-refractivity contribution in [2.24, 2.45) is 18.7 Å². The Balaban J connectivity index is 2.41. The lowest BCUT2D eigenvalue weighted by atomic mass is 10.1. The van der Waals surface area contributed by atoms with E-state index in [4.69, 9.17) is 5.73 Å². The van der Waals surface area contributed by atoms with Gasteiger partial charge < -0.3 is 11.1 Å². The maximum absolute atomic E-state index is 11.6. The number of nitrogens with two attached hydrogens (primary N) is 1. The summed E-state index contributed by atoms with van der Waals surface area (Å²) < 4.78 is 1.65. The monoisotopic (exact) mass is 210 g/mol. The number of aromatic nitrogens is 2. The van der Waals surface area contributed by atoms with Crippen molar-refractivity contribution in [3.05, 3.63) is 12.4 Å². The van der Waals surface area contributed by atoms with Gasteiger partial charge in [0, 0.05) is 19.2 Å². The molecule has 0 aliphatic carbocycles. The fourth-order valence-corrected chi connectivity index (χ4v) is 1.31. The summed E-state index contributed by atoms with van der Waals surface area (Å²) in [7, 11) is 1.81. The van der Waals surface area contributed by atoms with Gasteiger partial charge in [-0.15, -0.1) is 0 Å². The van der Waals surface area contributed by atoms with Crippen LogP contribution in [0.1, 0.15) is 19.8 Å². The molecule has 0 saturated carbocycles. The first kappa shape index (κ1) is 11.7. The molecule has 1 heterocycles. The molecule has 1 aromatic rings. The molecule has 1 amide bonds. The van der Waals surface area contributed by atoms with Gasteiger partial charge in [-0.2, -0.15) is 5.10 Å². The van der Waals surface area contributed by atoms with Crippen molar-refractivity contribution in [3.63, 3.8) is 0 Å². The van der Waals surface area contributed by atoms with E-state index in [0.717, 1.165) is 18.5 Å². The molecule has 0 aliphatic heterocycles. The van der Waals surface area contributed by atoms with Gasteiger partial charge in [0.2, 0.25) is 5.91 Å². The van der Waals surface area contributed by atoms with E-state index in [1.807, 2.05) is 14.0 Å². The number of carbonyl (C=O) groups excluding carboxylic acids is 1. The highest BCUT2D eigenvalue weighted by molar-refractivity contribution is 5.91. The van der Waals surface area contributed by atoms with Crippen LogP contribution in [-0.2, 0) is 11.8 Å². The SMILES string of the molecule is CC(CCCN)C(=O)Nc1cnn(C)c1. The number of anilines is 1. The zero-order valence-electron chi connectivity index (χ0n) is 9.23. The minimum atomic E-state index is -0.00578. The molecule has 0 radical (unpaired) electrons. The molecule has 1 rings (SSSR count). The van der Waals surface area contributed by atoms with Crippen molar-refractivity contribution in [1.82, 2.24) is 9.78 Å². The van der Waals surface area contributed by atoms with Gasteiger partial charge in [-0.3, -0.25) is 9.48 Å². The summed E-state index contributed by atoms with van der Waals surface area (Å²) >= 11 is 0. The van der Waals surface area contributed by atoms with Gasteiger partial charge >= 0.3 is 0 Å². The first-order valence-corrected chi connectivity index (χ1v) is 5.13. The van der Waals surface area contributed by atoms with Crippen molar-refractivity contribution < 1.29 is 4.79 Å². The van der Waals surface area contributed by atoms with E-state index in [-0.39, 0.29) is 11.8 Å². The first-order chi connectivity index (χ1) is 7.13. The second-order valence-electron chi connectivity index (χ2n) is 3.72. The molecule has 0 spiro atoms. The highest BCUT2D eigenvalue weighted by Crippen LogP contribution is 2.10. The molecule has 0 aromatic carbocycles. The highest BCUT2D eigenvalue weighted by Gasteiger charge is 2.12. The van der Waals surface area contributed by atoms with E-state index in [2.05, 4.69) is 10.4 Å². The van der Waals surface area contributed by atoms with Gasteiger partial charge in [-0.1, -0.05) is 6.92 Å². The Kier molecular flexibility index (Phi) is 4.30. The third-order valence-electron chi connectivity index (χ3n) is 2.26. The maximum Gasteiger partial charge on any atom is 0.227 e. The van der Waals surface area contributed by atoms with Gasteiger partial charge in [0.05, 0.1) is 11.9 Å². The number of rotatable bonds is 5.